The van der Waals surface area contributed by atoms with Gasteiger partial charge in [-0.25, -0.2) is 9.97 Å². The van der Waals surface area contributed by atoms with Crippen LogP contribution >= 0.6 is 11.3 Å². The second-order valence-corrected chi connectivity index (χ2v) is 6.70. The highest BCUT2D eigenvalue weighted by atomic mass is 32.1. The van der Waals surface area contributed by atoms with E-state index in [9.17, 15) is 4.79 Å². The summed E-state index contributed by atoms with van der Waals surface area (Å²) in [5.74, 6) is 0.849. The second-order valence-electron chi connectivity index (χ2n) is 5.80. The normalized spacial score (nSPS) is 11.3. The molecule has 0 saturated carbocycles. The van der Waals surface area contributed by atoms with Gasteiger partial charge >= 0.3 is 0 Å². The topological polar surface area (TPSA) is 89.4 Å². The van der Waals surface area contributed by atoms with Crippen molar-refractivity contribution in [1.82, 2.24) is 24.5 Å². The molecule has 126 valence electrons. The standard InChI is InChI=1S/C16H20N6OS/c1-4-6-21(10(2)3)16(23)11-8-12(17)22-13(9-11)19-14(20-22)15-18-5-7-24-15/h5,7-10H,4,6,17H2,1-3H3. The number of nitrogen functional groups attached to an aromatic ring is 1. The van der Waals surface area contributed by atoms with Crippen molar-refractivity contribution in [3.63, 3.8) is 0 Å². The molecule has 0 fully saturated rings. The van der Waals surface area contributed by atoms with E-state index in [1.807, 2.05) is 24.1 Å². The van der Waals surface area contributed by atoms with Crippen LogP contribution in [0.15, 0.2) is 23.7 Å². The van der Waals surface area contributed by atoms with E-state index in [0.29, 0.717) is 29.4 Å². The lowest BCUT2D eigenvalue weighted by molar-refractivity contribution is 0.0706. The molecule has 3 aromatic rings. The minimum Gasteiger partial charge on any atom is -0.384 e. The number of carbonyl (C=O) groups is 1. The molecular weight excluding hydrogens is 324 g/mol. The number of thiazole rings is 1. The van der Waals surface area contributed by atoms with Crippen molar-refractivity contribution >= 4 is 28.7 Å². The number of nitrogens with zero attached hydrogens (tertiary/aromatic N) is 5. The average molecular weight is 344 g/mol. The number of nitrogens with two attached hydrogens (primary N) is 1. The van der Waals surface area contributed by atoms with Gasteiger partial charge in [0.05, 0.1) is 0 Å². The van der Waals surface area contributed by atoms with E-state index < -0.39 is 0 Å². The van der Waals surface area contributed by atoms with Crippen LogP contribution in [0.25, 0.3) is 16.5 Å². The summed E-state index contributed by atoms with van der Waals surface area (Å²) in [6, 6.07) is 3.51. The van der Waals surface area contributed by atoms with Crippen molar-refractivity contribution in [3.8, 4) is 10.8 Å². The zero-order valence-electron chi connectivity index (χ0n) is 13.9. The van der Waals surface area contributed by atoms with Gasteiger partial charge in [0.1, 0.15) is 5.82 Å². The molecule has 7 nitrogen and oxygen atoms in total. The molecule has 0 saturated heterocycles. The van der Waals surface area contributed by atoms with Gasteiger partial charge in [0.2, 0.25) is 5.82 Å². The molecular formula is C16H20N6OS. The van der Waals surface area contributed by atoms with Crippen LogP contribution < -0.4 is 5.73 Å². The van der Waals surface area contributed by atoms with E-state index in [2.05, 4.69) is 22.0 Å². The summed E-state index contributed by atoms with van der Waals surface area (Å²) >= 11 is 1.46. The minimum atomic E-state index is -0.0418. The number of carbonyl (C=O) groups excluding carboxylic acids is 1. The molecule has 3 rings (SSSR count). The Bertz CT molecular complexity index is 855. The number of fused-ring (bicyclic) bond motifs is 1. The van der Waals surface area contributed by atoms with E-state index in [1.54, 1.807) is 18.3 Å². The van der Waals surface area contributed by atoms with Crippen LogP contribution in [0.3, 0.4) is 0 Å². The molecule has 0 unspecified atom stereocenters. The summed E-state index contributed by atoms with van der Waals surface area (Å²) in [7, 11) is 0. The average Bonchev–Trinajstić information content (AvgIpc) is 3.20. The highest BCUT2D eigenvalue weighted by Crippen LogP contribution is 2.21. The molecule has 0 aliphatic carbocycles. The molecule has 0 spiro atoms. The van der Waals surface area contributed by atoms with Crippen molar-refractivity contribution in [1.29, 1.82) is 0 Å². The van der Waals surface area contributed by atoms with E-state index in [1.165, 1.54) is 15.9 Å². The van der Waals surface area contributed by atoms with Crippen LogP contribution in [0.2, 0.25) is 0 Å². The van der Waals surface area contributed by atoms with Gasteiger partial charge in [0.25, 0.3) is 5.91 Å². The summed E-state index contributed by atoms with van der Waals surface area (Å²) in [6.45, 7) is 6.78. The first-order valence-electron chi connectivity index (χ1n) is 7.88. The van der Waals surface area contributed by atoms with E-state index >= 15 is 0 Å². The van der Waals surface area contributed by atoms with Crippen LogP contribution in [0.5, 0.6) is 0 Å². The Morgan fingerprint density at radius 3 is 2.83 bits per heavy atom. The molecule has 8 heteroatoms. The molecule has 1 amide bonds. The summed E-state index contributed by atoms with van der Waals surface area (Å²) in [5.41, 5.74) is 7.16. The molecule has 3 aromatic heterocycles. The third-order valence-corrected chi connectivity index (χ3v) is 4.45. The maximum Gasteiger partial charge on any atom is 0.254 e. The van der Waals surface area contributed by atoms with Crippen LogP contribution in [0, 0.1) is 0 Å². The predicted octanol–water partition coefficient (Wildman–Crippen LogP) is 2.70. The fraction of sp³-hybridized carbons (Fsp3) is 0.375. The van der Waals surface area contributed by atoms with Crippen molar-refractivity contribution in [3.05, 3.63) is 29.3 Å². The van der Waals surface area contributed by atoms with Gasteiger partial charge in [-0.15, -0.1) is 16.4 Å². The first kappa shape index (κ1) is 16.4. The van der Waals surface area contributed by atoms with Crippen molar-refractivity contribution in [2.45, 2.75) is 33.2 Å². The van der Waals surface area contributed by atoms with Crippen molar-refractivity contribution in [2.75, 3.05) is 12.3 Å². The lowest BCUT2D eigenvalue weighted by Crippen LogP contribution is -2.37. The van der Waals surface area contributed by atoms with Gasteiger partial charge in [0.15, 0.2) is 10.7 Å². The Kier molecular flexibility index (Phi) is 4.48. The smallest absolute Gasteiger partial charge is 0.254 e. The molecule has 2 N–H and O–H groups in total. The van der Waals surface area contributed by atoms with Crippen molar-refractivity contribution in [2.24, 2.45) is 0 Å². The molecule has 0 atom stereocenters. The molecule has 3 heterocycles. The Morgan fingerprint density at radius 2 is 2.21 bits per heavy atom. The highest BCUT2D eigenvalue weighted by molar-refractivity contribution is 7.13. The predicted molar refractivity (Wildman–Crippen MR) is 95.0 cm³/mol. The zero-order chi connectivity index (χ0) is 17.3. The number of anilines is 1. The van der Waals surface area contributed by atoms with E-state index in [0.717, 1.165) is 11.4 Å². The highest BCUT2D eigenvalue weighted by Gasteiger charge is 2.20. The van der Waals surface area contributed by atoms with E-state index in [-0.39, 0.29) is 11.9 Å². The first-order valence-corrected chi connectivity index (χ1v) is 8.76. The van der Waals surface area contributed by atoms with Crippen LogP contribution in [-0.4, -0.2) is 43.0 Å². The van der Waals surface area contributed by atoms with Gasteiger partial charge in [-0.2, -0.15) is 4.52 Å². The minimum absolute atomic E-state index is 0.0418. The Balaban J connectivity index is 2.02. The summed E-state index contributed by atoms with van der Waals surface area (Å²) in [6.07, 6.45) is 2.61. The van der Waals surface area contributed by atoms with Crippen LogP contribution in [-0.2, 0) is 0 Å². The molecule has 24 heavy (non-hydrogen) atoms. The third-order valence-electron chi connectivity index (χ3n) is 3.68. The maximum atomic E-state index is 12.8. The monoisotopic (exact) mass is 344 g/mol. The van der Waals surface area contributed by atoms with Gasteiger partial charge in [-0.05, 0) is 32.4 Å². The Labute approximate surface area is 144 Å². The Hall–Kier alpha value is -2.48. The third kappa shape index (κ3) is 2.96. The summed E-state index contributed by atoms with van der Waals surface area (Å²) in [5, 5.41) is 6.96. The number of pyridine rings is 1. The Morgan fingerprint density at radius 1 is 1.42 bits per heavy atom. The summed E-state index contributed by atoms with van der Waals surface area (Å²) < 4.78 is 1.53. The number of amides is 1. The van der Waals surface area contributed by atoms with Crippen LogP contribution in [0.1, 0.15) is 37.6 Å². The van der Waals surface area contributed by atoms with Crippen LogP contribution in [0.4, 0.5) is 5.82 Å². The number of aromatic nitrogens is 4. The lowest BCUT2D eigenvalue weighted by Gasteiger charge is -2.26. The van der Waals surface area contributed by atoms with Gasteiger partial charge in [0, 0.05) is 29.7 Å². The number of hydrogen-bond donors (Lipinski definition) is 1. The molecule has 0 bridgehead atoms. The van der Waals surface area contributed by atoms with Gasteiger partial charge < -0.3 is 10.6 Å². The molecule has 0 radical (unpaired) electrons. The largest absolute Gasteiger partial charge is 0.384 e. The van der Waals surface area contributed by atoms with E-state index in [4.69, 9.17) is 5.73 Å². The van der Waals surface area contributed by atoms with Gasteiger partial charge in [-0.1, -0.05) is 6.92 Å². The number of rotatable bonds is 5. The lowest BCUT2D eigenvalue weighted by atomic mass is 10.2. The van der Waals surface area contributed by atoms with Gasteiger partial charge in [-0.3, -0.25) is 4.79 Å². The van der Waals surface area contributed by atoms with Crippen molar-refractivity contribution < 1.29 is 4.79 Å². The number of hydrogen-bond acceptors (Lipinski definition) is 6. The quantitative estimate of drug-likeness (QED) is 0.768. The summed E-state index contributed by atoms with van der Waals surface area (Å²) in [4.78, 5) is 23.3. The fourth-order valence-electron chi connectivity index (χ4n) is 2.56. The first-order chi connectivity index (χ1) is 11.5. The maximum absolute atomic E-state index is 12.8. The second kappa shape index (κ2) is 6.56. The zero-order valence-corrected chi connectivity index (χ0v) is 14.7. The molecule has 0 aliphatic heterocycles. The molecule has 0 aliphatic rings. The fourth-order valence-corrected chi connectivity index (χ4v) is 3.12. The SMILES string of the molecule is CCCN(C(=O)c1cc(N)n2nc(-c3nccs3)nc2c1)C(C)C. The molecule has 0 aromatic carbocycles.